The molecule has 0 saturated carbocycles. The van der Waals surface area contributed by atoms with E-state index in [2.05, 4.69) is 4.90 Å². The molecule has 0 aliphatic carbocycles. The topological polar surface area (TPSA) is 74.7 Å². The van der Waals surface area contributed by atoms with Crippen molar-refractivity contribution in [3.8, 4) is 0 Å². The van der Waals surface area contributed by atoms with Crippen molar-refractivity contribution in [1.29, 1.82) is 0 Å². The summed E-state index contributed by atoms with van der Waals surface area (Å²) in [5.41, 5.74) is -0.598. The molecule has 0 amide bonds. The third-order valence-electron chi connectivity index (χ3n) is 4.18. The molecule has 1 aliphatic heterocycles. The quantitative estimate of drug-likeness (QED) is 0.767. The molecule has 0 unspecified atom stereocenters. The van der Waals surface area contributed by atoms with Crippen molar-refractivity contribution in [1.82, 2.24) is 4.90 Å². The molecule has 1 rings (SSSR count). The van der Waals surface area contributed by atoms with Crippen LogP contribution < -0.4 is 0 Å². The van der Waals surface area contributed by atoms with Crippen LogP contribution in [0.4, 0.5) is 0 Å². The smallest absolute Gasteiger partial charge is 0.309 e. The van der Waals surface area contributed by atoms with E-state index in [4.69, 9.17) is 0 Å². The number of likely N-dealkylation sites (tertiary alicyclic amines) is 1. The van der Waals surface area contributed by atoms with E-state index in [9.17, 15) is 18.3 Å². The van der Waals surface area contributed by atoms with E-state index in [0.717, 1.165) is 0 Å². The summed E-state index contributed by atoms with van der Waals surface area (Å²) in [5, 5.41) is 9.29. The van der Waals surface area contributed by atoms with Gasteiger partial charge in [-0.05, 0) is 38.8 Å². The highest BCUT2D eigenvalue weighted by atomic mass is 32.2. The van der Waals surface area contributed by atoms with Crippen LogP contribution in [0.15, 0.2) is 0 Å². The third-order valence-corrected chi connectivity index (χ3v) is 6.01. The van der Waals surface area contributed by atoms with Gasteiger partial charge < -0.3 is 10.0 Å². The van der Waals surface area contributed by atoms with Crippen molar-refractivity contribution < 1.29 is 18.3 Å². The number of hydrogen-bond donors (Lipinski definition) is 1. The molecule has 0 aromatic heterocycles. The maximum atomic E-state index is 11.6. The van der Waals surface area contributed by atoms with Crippen LogP contribution >= 0.6 is 0 Å². The Morgan fingerprint density at radius 2 is 1.79 bits per heavy atom. The van der Waals surface area contributed by atoms with E-state index in [1.807, 2.05) is 13.8 Å². The third kappa shape index (κ3) is 4.45. The van der Waals surface area contributed by atoms with Gasteiger partial charge in [-0.15, -0.1) is 0 Å². The Hall–Kier alpha value is -0.620. The Morgan fingerprint density at radius 1 is 1.21 bits per heavy atom. The average molecular weight is 291 g/mol. The molecule has 112 valence electrons. The molecule has 5 nitrogen and oxygen atoms in total. The van der Waals surface area contributed by atoms with Crippen molar-refractivity contribution in [3.05, 3.63) is 0 Å². The minimum atomic E-state index is -2.94. The van der Waals surface area contributed by atoms with E-state index in [1.54, 1.807) is 0 Å². The molecule has 0 aromatic carbocycles. The molecule has 1 heterocycles. The Labute approximate surface area is 115 Å². The molecular weight excluding hydrogens is 266 g/mol. The van der Waals surface area contributed by atoms with Gasteiger partial charge in [0.15, 0.2) is 9.84 Å². The monoisotopic (exact) mass is 291 g/mol. The molecule has 19 heavy (non-hydrogen) atoms. The zero-order valence-corrected chi connectivity index (χ0v) is 12.7. The maximum absolute atomic E-state index is 11.6. The highest BCUT2D eigenvalue weighted by Gasteiger charge is 2.39. The summed E-state index contributed by atoms with van der Waals surface area (Å²) in [6.45, 7) is 5.67. The average Bonchev–Trinajstić information content (AvgIpc) is 2.37. The van der Waals surface area contributed by atoms with Crippen LogP contribution in [0.5, 0.6) is 0 Å². The number of piperidine rings is 1. The Bertz CT molecular complexity index is 397. The van der Waals surface area contributed by atoms with Crippen LogP contribution in [0.2, 0.25) is 0 Å². The number of carboxylic acid groups (broad SMARTS) is 1. The van der Waals surface area contributed by atoms with Gasteiger partial charge in [0.2, 0.25) is 0 Å². The normalized spacial score (nSPS) is 20.3. The van der Waals surface area contributed by atoms with E-state index < -0.39 is 21.2 Å². The first-order chi connectivity index (χ1) is 8.85. The summed E-state index contributed by atoms with van der Waals surface area (Å²) in [6.07, 6.45) is 2.53. The molecule has 0 atom stereocenters. The van der Waals surface area contributed by atoms with Crippen LogP contribution in [0.25, 0.3) is 0 Å². The second-order valence-electron chi connectivity index (χ2n) is 5.43. The van der Waals surface area contributed by atoms with Crippen LogP contribution in [-0.2, 0) is 14.6 Å². The molecule has 0 bridgehead atoms. The summed E-state index contributed by atoms with van der Waals surface area (Å²) >= 11 is 0. The van der Waals surface area contributed by atoms with Crippen molar-refractivity contribution in [3.63, 3.8) is 0 Å². The molecule has 0 spiro atoms. The first kappa shape index (κ1) is 16.4. The Morgan fingerprint density at radius 3 is 2.21 bits per heavy atom. The van der Waals surface area contributed by atoms with Crippen LogP contribution in [-0.4, -0.2) is 55.5 Å². The number of rotatable bonds is 7. The minimum Gasteiger partial charge on any atom is -0.481 e. The first-order valence-electron chi connectivity index (χ1n) is 7.01. The lowest BCUT2D eigenvalue weighted by molar-refractivity contribution is -0.152. The highest BCUT2D eigenvalue weighted by molar-refractivity contribution is 7.91. The molecule has 6 heteroatoms. The van der Waals surface area contributed by atoms with Crippen molar-refractivity contribution in [2.45, 2.75) is 39.5 Å². The predicted octanol–water partition coefficient (Wildman–Crippen LogP) is 1.39. The van der Waals surface area contributed by atoms with Gasteiger partial charge in [0.25, 0.3) is 0 Å². The SMILES string of the molecule is CCCS(=O)(=O)CCN1CCC(CC)(C(=O)O)CC1. The summed E-state index contributed by atoms with van der Waals surface area (Å²) in [6, 6.07) is 0. The summed E-state index contributed by atoms with van der Waals surface area (Å²) in [5.74, 6) is -0.282. The van der Waals surface area contributed by atoms with Gasteiger partial charge in [-0.1, -0.05) is 13.8 Å². The second kappa shape index (κ2) is 6.70. The molecule has 0 aromatic rings. The molecular formula is C13H25NO4S. The molecule has 1 N–H and O–H groups in total. The lowest BCUT2D eigenvalue weighted by Crippen LogP contribution is -2.45. The number of nitrogens with zero attached hydrogens (tertiary/aromatic N) is 1. The molecule has 0 radical (unpaired) electrons. The van der Waals surface area contributed by atoms with Crippen molar-refractivity contribution >= 4 is 15.8 Å². The van der Waals surface area contributed by atoms with Gasteiger partial charge in [-0.2, -0.15) is 0 Å². The van der Waals surface area contributed by atoms with E-state index in [1.165, 1.54) is 0 Å². The minimum absolute atomic E-state index is 0.188. The molecule has 1 aliphatic rings. The van der Waals surface area contributed by atoms with Crippen molar-refractivity contribution in [2.75, 3.05) is 31.1 Å². The van der Waals surface area contributed by atoms with Crippen LogP contribution in [0.1, 0.15) is 39.5 Å². The number of carboxylic acids is 1. The van der Waals surface area contributed by atoms with E-state index in [-0.39, 0.29) is 11.5 Å². The largest absolute Gasteiger partial charge is 0.481 e. The lowest BCUT2D eigenvalue weighted by atomic mass is 9.76. The zero-order valence-electron chi connectivity index (χ0n) is 11.9. The fourth-order valence-corrected chi connectivity index (χ4v) is 3.97. The number of sulfone groups is 1. The number of aliphatic carboxylic acids is 1. The zero-order chi connectivity index (χ0) is 14.5. The van der Waals surface area contributed by atoms with Crippen LogP contribution in [0.3, 0.4) is 0 Å². The molecule has 1 fully saturated rings. The standard InChI is InChI=1S/C13H25NO4S/c1-3-10-19(17,18)11-9-14-7-5-13(4-2,6-8-14)12(15)16/h3-11H2,1-2H3,(H,15,16). The maximum Gasteiger partial charge on any atom is 0.309 e. The van der Waals surface area contributed by atoms with E-state index in [0.29, 0.717) is 45.3 Å². The van der Waals surface area contributed by atoms with Crippen molar-refractivity contribution in [2.24, 2.45) is 5.41 Å². The van der Waals surface area contributed by atoms with Gasteiger partial charge >= 0.3 is 5.97 Å². The molecule has 1 saturated heterocycles. The number of carbonyl (C=O) groups is 1. The van der Waals surface area contributed by atoms with Crippen LogP contribution in [0, 0.1) is 5.41 Å². The first-order valence-corrected chi connectivity index (χ1v) is 8.83. The highest BCUT2D eigenvalue weighted by Crippen LogP contribution is 2.34. The van der Waals surface area contributed by atoms with Gasteiger partial charge in [0.1, 0.15) is 0 Å². The fraction of sp³-hybridized carbons (Fsp3) is 0.923. The van der Waals surface area contributed by atoms with E-state index >= 15 is 0 Å². The lowest BCUT2D eigenvalue weighted by Gasteiger charge is -2.38. The Balaban J connectivity index is 2.45. The number of hydrogen-bond acceptors (Lipinski definition) is 4. The van der Waals surface area contributed by atoms with Gasteiger partial charge in [-0.25, -0.2) is 8.42 Å². The second-order valence-corrected chi connectivity index (χ2v) is 7.74. The summed E-state index contributed by atoms with van der Waals surface area (Å²) in [7, 11) is -2.94. The predicted molar refractivity (Wildman–Crippen MR) is 75.0 cm³/mol. The van der Waals surface area contributed by atoms with Gasteiger partial charge in [-0.3, -0.25) is 4.79 Å². The Kier molecular flexibility index (Phi) is 5.80. The summed E-state index contributed by atoms with van der Waals surface area (Å²) in [4.78, 5) is 13.4. The fourth-order valence-electron chi connectivity index (χ4n) is 2.60. The van der Waals surface area contributed by atoms with Gasteiger partial charge in [0, 0.05) is 12.3 Å². The van der Waals surface area contributed by atoms with Gasteiger partial charge in [0.05, 0.1) is 11.2 Å². The summed E-state index contributed by atoms with van der Waals surface area (Å²) < 4.78 is 23.3.